The molecule has 1 aromatic heterocycles. The third-order valence-electron chi connectivity index (χ3n) is 11.4. The zero-order chi connectivity index (χ0) is 34.0. The highest BCUT2D eigenvalue weighted by atomic mass is 32.2. The first kappa shape index (κ1) is 33.1. The maximum absolute atomic E-state index is 15.0. The van der Waals surface area contributed by atoms with Crippen molar-refractivity contribution in [2.75, 3.05) is 48.4 Å². The van der Waals surface area contributed by atoms with Gasteiger partial charge in [0.15, 0.2) is 0 Å². The van der Waals surface area contributed by atoms with Crippen LogP contribution in [0, 0.1) is 5.41 Å². The van der Waals surface area contributed by atoms with Crippen LogP contribution in [-0.4, -0.2) is 93.3 Å². The highest BCUT2D eigenvalue weighted by molar-refractivity contribution is 7.87. The van der Waals surface area contributed by atoms with E-state index in [1.54, 1.807) is 13.2 Å². The summed E-state index contributed by atoms with van der Waals surface area (Å²) in [5.41, 5.74) is 5.26. The number of likely N-dealkylation sites (N-methyl/N-ethyl adjacent to an activating group) is 1. The molecule has 3 atom stereocenters. The molecule has 3 heterocycles. The van der Waals surface area contributed by atoms with Crippen LogP contribution in [0.15, 0.2) is 36.4 Å². The Labute approximate surface area is 284 Å². The maximum Gasteiger partial charge on any atom is 0.303 e. The number of ether oxygens (including phenoxy) is 1. The number of amides is 2. The quantitative estimate of drug-likeness (QED) is 0.346. The summed E-state index contributed by atoms with van der Waals surface area (Å²) >= 11 is 0. The number of rotatable bonds is 8. The average Bonchev–Trinajstić information content (AvgIpc) is 3.74. The maximum atomic E-state index is 15.0. The Morgan fingerprint density at radius 1 is 0.979 bits per heavy atom. The molecule has 258 valence electrons. The highest BCUT2D eigenvalue weighted by Gasteiger charge is 2.64. The summed E-state index contributed by atoms with van der Waals surface area (Å²) in [7, 11) is 4.66. The fourth-order valence-electron chi connectivity index (χ4n) is 8.85. The number of likely N-dealkylation sites (tertiary alicyclic amines) is 1. The molecule has 2 aliphatic heterocycles. The van der Waals surface area contributed by atoms with Crippen LogP contribution >= 0.6 is 0 Å². The number of nitrogens with one attached hydrogen (secondary N) is 1. The van der Waals surface area contributed by atoms with E-state index in [4.69, 9.17) is 4.74 Å². The molecule has 11 heteroatoms. The first-order valence-electron chi connectivity index (χ1n) is 17.5. The fourth-order valence-corrected chi connectivity index (χ4v) is 9.39. The molecule has 1 saturated heterocycles. The van der Waals surface area contributed by atoms with Gasteiger partial charge in [0.2, 0.25) is 5.91 Å². The monoisotopic (exact) mass is 675 g/mol. The van der Waals surface area contributed by atoms with E-state index >= 15 is 4.79 Å². The topological polar surface area (TPSA) is 104 Å². The second-order valence-corrected chi connectivity index (χ2v) is 16.8. The van der Waals surface area contributed by atoms with Crippen LogP contribution in [0.3, 0.4) is 0 Å². The standard InChI is InChI=1S/C37H49N5O5S/c1-39(2)22-26-13-9-10-18-41(26)36(44)37-21-31(37)30-20-27(47-5)15-17-28(30)34-33(24-11-7-6-8-12-24)29-16-14-25(19-32(29)42(34)23-37)35(43)38-48(45,46)40(3)4/h14-17,19-20,24,26,31H,6-13,18,21-23H2,1-5H3,(H,38,43)/t26-,31-,37-/m0/s1. The molecule has 3 aromatic rings. The van der Waals surface area contributed by atoms with E-state index < -0.39 is 21.5 Å². The molecule has 2 aliphatic carbocycles. The highest BCUT2D eigenvalue weighted by Crippen LogP contribution is 2.66. The molecule has 3 fully saturated rings. The van der Waals surface area contributed by atoms with Crippen molar-refractivity contribution in [2.45, 2.75) is 82.2 Å². The Balaban J connectivity index is 1.42. The number of carbonyl (C=O) groups is 2. The van der Waals surface area contributed by atoms with Gasteiger partial charge in [0.25, 0.3) is 5.91 Å². The number of fused-ring (bicyclic) bond motifs is 7. The fraction of sp³-hybridized carbons (Fsp3) is 0.568. The smallest absolute Gasteiger partial charge is 0.303 e. The molecule has 0 spiro atoms. The number of carbonyl (C=O) groups excluding carboxylic acids is 2. The molecule has 10 nitrogen and oxygen atoms in total. The van der Waals surface area contributed by atoms with Gasteiger partial charge in [-0.1, -0.05) is 25.3 Å². The van der Waals surface area contributed by atoms with E-state index in [1.165, 1.54) is 38.9 Å². The summed E-state index contributed by atoms with van der Waals surface area (Å²) in [5, 5.41) is 1.08. The Morgan fingerprint density at radius 3 is 2.44 bits per heavy atom. The van der Waals surface area contributed by atoms with E-state index in [9.17, 15) is 13.2 Å². The molecule has 7 rings (SSSR count). The number of benzene rings is 2. The van der Waals surface area contributed by atoms with E-state index in [0.29, 0.717) is 12.5 Å². The van der Waals surface area contributed by atoms with Crippen LogP contribution in [0.2, 0.25) is 0 Å². The van der Waals surface area contributed by atoms with Gasteiger partial charge in [-0.15, -0.1) is 0 Å². The molecule has 0 radical (unpaired) electrons. The lowest BCUT2D eigenvalue weighted by molar-refractivity contribution is -0.142. The van der Waals surface area contributed by atoms with Gasteiger partial charge in [-0.2, -0.15) is 12.7 Å². The van der Waals surface area contributed by atoms with Gasteiger partial charge in [-0.25, -0.2) is 4.72 Å². The van der Waals surface area contributed by atoms with Crippen molar-refractivity contribution in [2.24, 2.45) is 5.41 Å². The molecular formula is C37H49N5O5S. The molecular weight excluding hydrogens is 627 g/mol. The first-order valence-corrected chi connectivity index (χ1v) is 18.9. The van der Waals surface area contributed by atoms with E-state index in [2.05, 4.69) is 45.3 Å². The Kier molecular flexibility index (Phi) is 8.61. The molecule has 2 amide bonds. The molecule has 2 saturated carbocycles. The summed E-state index contributed by atoms with van der Waals surface area (Å²) in [6.07, 6.45) is 9.66. The van der Waals surface area contributed by atoms with Gasteiger partial charge >= 0.3 is 10.2 Å². The third kappa shape index (κ3) is 5.61. The lowest BCUT2D eigenvalue weighted by atomic mass is 9.81. The molecule has 0 bridgehead atoms. The largest absolute Gasteiger partial charge is 0.497 e. The number of aromatic nitrogens is 1. The van der Waals surface area contributed by atoms with Crippen molar-refractivity contribution >= 4 is 32.9 Å². The van der Waals surface area contributed by atoms with Crippen LogP contribution in [0.4, 0.5) is 0 Å². The van der Waals surface area contributed by atoms with Crippen molar-refractivity contribution in [3.05, 3.63) is 53.1 Å². The predicted octanol–water partition coefficient (Wildman–Crippen LogP) is 5.33. The van der Waals surface area contributed by atoms with Crippen molar-refractivity contribution in [1.82, 2.24) is 23.4 Å². The molecule has 0 unspecified atom stereocenters. The number of hydrogen-bond acceptors (Lipinski definition) is 6. The number of nitrogens with zero attached hydrogens (tertiary/aromatic N) is 4. The van der Waals surface area contributed by atoms with E-state index in [0.717, 1.165) is 89.4 Å². The molecule has 4 aliphatic rings. The van der Waals surface area contributed by atoms with Gasteiger partial charge in [-0.05, 0) is 100.0 Å². The molecule has 2 aromatic carbocycles. The van der Waals surface area contributed by atoms with E-state index in [-0.39, 0.29) is 23.4 Å². The Bertz CT molecular complexity index is 1860. The summed E-state index contributed by atoms with van der Waals surface area (Å²) in [5.74, 6) is 0.758. The Hall–Kier alpha value is -3.41. The molecule has 48 heavy (non-hydrogen) atoms. The van der Waals surface area contributed by atoms with Crippen LogP contribution in [0.5, 0.6) is 5.75 Å². The van der Waals surface area contributed by atoms with Gasteiger partial charge < -0.3 is 19.1 Å². The Morgan fingerprint density at radius 2 is 1.73 bits per heavy atom. The number of piperidine rings is 1. The van der Waals surface area contributed by atoms with Crippen LogP contribution in [0.25, 0.3) is 22.2 Å². The first-order chi connectivity index (χ1) is 22.9. The lowest BCUT2D eigenvalue weighted by Crippen LogP contribution is -2.51. The van der Waals surface area contributed by atoms with Gasteiger partial charge in [0, 0.05) is 67.7 Å². The minimum atomic E-state index is -3.97. The van der Waals surface area contributed by atoms with Crippen molar-refractivity contribution in [1.29, 1.82) is 0 Å². The second-order valence-electron chi connectivity index (χ2n) is 14.9. The summed E-state index contributed by atoms with van der Waals surface area (Å²) in [6.45, 7) is 2.13. The SMILES string of the molecule is COc1ccc2c(c1)[C@@H]1C[C@]1(C(=O)N1CCCC[C@H]1CN(C)C)Cn1c-2c(C2CCCCC2)c2ccc(C(=O)NS(=O)(=O)N(C)C)cc21. The van der Waals surface area contributed by atoms with Gasteiger partial charge in [-0.3, -0.25) is 9.59 Å². The third-order valence-corrected chi connectivity index (χ3v) is 12.8. The zero-order valence-corrected chi connectivity index (χ0v) is 29.7. The summed E-state index contributed by atoms with van der Waals surface area (Å²) in [4.78, 5) is 32.8. The van der Waals surface area contributed by atoms with Gasteiger partial charge in [0.1, 0.15) is 5.75 Å². The average molecular weight is 676 g/mol. The molecule has 1 N–H and O–H groups in total. The summed E-state index contributed by atoms with van der Waals surface area (Å²) in [6, 6.07) is 12.1. The minimum Gasteiger partial charge on any atom is -0.497 e. The second kappa shape index (κ2) is 12.5. The van der Waals surface area contributed by atoms with Crippen molar-refractivity contribution < 1.29 is 22.7 Å². The van der Waals surface area contributed by atoms with Crippen LogP contribution < -0.4 is 9.46 Å². The minimum absolute atomic E-state index is 0.0582. The van der Waals surface area contributed by atoms with Crippen molar-refractivity contribution in [3.8, 4) is 17.0 Å². The normalized spacial score (nSPS) is 24.2. The van der Waals surface area contributed by atoms with E-state index in [1.807, 2.05) is 18.2 Å². The van der Waals surface area contributed by atoms with Gasteiger partial charge in [0.05, 0.1) is 18.2 Å². The van der Waals surface area contributed by atoms with Crippen LogP contribution in [0.1, 0.15) is 91.1 Å². The summed E-state index contributed by atoms with van der Waals surface area (Å²) < 4.78 is 36.5. The lowest BCUT2D eigenvalue weighted by Gasteiger charge is -2.39. The van der Waals surface area contributed by atoms with Crippen molar-refractivity contribution in [3.63, 3.8) is 0 Å². The predicted molar refractivity (Wildman–Crippen MR) is 188 cm³/mol. The number of hydrogen-bond donors (Lipinski definition) is 1. The number of methoxy groups -OCH3 is 1. The van der Waals surface area contributed by atoms with Crippen LogP contribution in [-0.2, 0) is 21.5 Å². The zero-order valence-electron chi connectivity index (χ0n) is 28.9.